The van der Waals surface area contributed by atoms with Crippen LogP contribution in [0.1, 0.15) is 44.9 Å². The number of carbonyl (C=O) groups is 1. The first-order valence-corrected chi connectivity index (χ1v) is 12.2. The fourth-order valence-electron chi connectivity index (χ4n) is 3.99. The van der Waals surface area contributed by atoms with E-state index in [-0.39, 0.29) is 11.7 Å². The Morgan fingerprint density at radius 1 is 1.17 bits per heavy atom. The number of allylic oxidation sites excluding steroid dienone is 1. The number of ether oxygens (including phenoxy) is 3. The van der Waals surface area contributed by atoms with Gasteiger partial charge in [0, 0.05) is 5.56 Å². The second-order valence-corrected chi connectivity index (χ2v) is 9.29. The van der Waals surface area contributed by atoms with Crippen LogP contribution in [-0.2, 0) is 9.53 Å². The highest BCUT2D eigenvalue weighted by molar-refractivity contribution is 7.07. The minimum Gasteiger partial charge on any atom is -0.497 e. The lowest BCUT2D eigenvalue weighted by Gasteiger charge is -2.25. The highest BCUT2D eigenvalue weighted by Crippen LogP contribution is 2.32. The van der Waals surface area contributed by atoms with Gasteiger partial charge in [0.25, 0.3) is 5.56 Å². The maximum Gasteiger partial charge on any atom is 0.338 e. The predicted molar refractivity (Wildman–Crippen MR) is 136 cm³/mol. The van der Waals surface area contributed by atoms with E-state index in [1.54, 1.807) is 32.4 Å². The van der Waals surface area contributed by atoms with Crippen LogP contribution >= 0.6 is 11.3 Å². The molecule has 182 valence electrons. The summed E-state index contributed by atoms with van der Waals surface area (Å²) in [6, 6.07) is 14.2. The van der Waals surface area contributed by atoms with E-state index in [2.05, 4.69) is 4.99 Å². The molecule has 1 aliphatic rings. The average Bonchev–Trinajstić information content (AvgIpc) is 3.13. The second-order valence-electron chi connectivity index (χ2n) is 8.28. The SMILES string of the molecule is CCOc1ccccc1/C=c1\sc2n(c1=O)[C@H](c1ccc(OC)cc1)C(C(=O)OC(C)C)=C(C)N=2. The number of thiazole rings is 1. The van der Waals surface area contributed by atoms with E-state index in [4.69, 9.17) is 14.2 Å². The fourth-order valence-corrected chi connectivity index (χ4v) is 5.03. The molecule has 0 saturated heterocycles. The van der Waals surface area contributed by atoms with E-state index in [9.17, 15) is 9.59 Å². The molecule has 1 aromatic heterocycles. The molecule has 0 radical (unpaired) electrons. The van der Waals surface area contributed by atoms with Crippen LogP contribution in [0.4, 0.5) is 0 Å². The molecule has 1 atom stereocenters. The summed E-state index contributed by atoms with van der Waals surface area (Å²) in [5.41, 5.74) is 2.20. The summed E-state index contributed by atoms with van der Waals surface area (Å²) in [5.74, 6) is 0.892. The number of para-hydroxylation sites is 1. The molecule has 3 aromatic rings. The number of methoxy groups -OCH3 is 1. The lowest BCUT2D eigenvalue weighted by Crippen LogP contribution is -2.40. The van der Waals surface area contributed by atoms with E-state index in [0.717, 1.165) is 11.1 Å². The van der Waals surface area contributed by atoms with Gasteiger partial charge in [-0.3, -0.25) is 9.36 Å². The number of esters is 1. The van der Waals surface area contributed by atoms with Crippen LogP contribution in [-0.4, -0.2) is 30.4 Å². The Morgan fingerprint density at radius 3 is 2.54 bits per heavy atom. The molecular weight excluding hydrogens is 464 g/mol. The third kappa shape index (κ3) is 4.93. The summed E-state index contributed by atoms with van der Waals surface area (Å²) in [5, 5.41) is 0. The van der Waals surface area contributed by atoms with Crippen LogP contribution in [0.25, 0.3) is 6.08 Å². The van der Waals surface area contributed by atoms with Crippen molar-refractivity contribution in [3.8, 4) is 11.5 Å². The first-order chi connectivity index (χ1) is 16.8. The summed E-state index contributed by atoms with van der Waals surface area (Å²) in [4.78, 5) is 32.0. The molecule has 0 bridgehead atoms. The number of benzene rings is 2. The largest absolute Gasteiger partial charge is 0.497 e. The molecule has 1 aliphatic heterocycles. The summed E-state index contributed by atoms with van der Waals surface area (Å²) in [6.07, 6.45) is 1.50. The summed E-state index contributed by atoms with van der Waals surface area (Å²) < 4.78 is 18.6. The van der Waals surface area contributed by atoms with Gasteiger partial charge in [0.1, 0.15) is 11.5 Å². The van der Waals surface area contributed by atoms with Crippen LogP contribution in [0.15, 0.2) is 69.6 Å². The van der Waals surface area contributed by atoms with Gasteiger partial charge in [0.05, 0.1) is 41.7 Å². The molecule has 35 heavy (non-hydrogen) atoms. The summed E-state index contributed by atoms with van der Waals surface area (Å²) in [6.45, 7) is 7.79. The Labute approximate surface area is 207 Å². The van der Waals surface area contributed by atoms with Gasteiger partial charge in [-0.05, 0) is 57.5 Å². The second kappa shape index (κ2) is 10.3. The molecule has 0 spiro atoms. The topological polar surface area (TPSA) is 79.1 Å². The van der Waals surface area contributed by atoms with Crippen molar-refractivity contribution in [3.05, 3.63) is 90.6 Å². The van der Waals surface area contributed by atoms with Crippen LogP contribution in [0.5, 0.6) is 11.5 Å². The van der Waals surface area contributed by atoms with Gasteiger partial charge >= 0.3 is 5.97 Å². The quantitative estimate of drug-likeness (QED) is 0.471. The average molecular weight is 493 g/mol. The van der Waals surface area contributed by atoms with E-state index >= 15 is 0 Å². The fraction of sp³-hybridized carbons (Fsp3) is 0.296. The predicted octanol–water partition coefficient (Wildman–Crippen LogP) is 3.59. The number of fused-ring (bicyclic) bond motifs is 1. The number of rotatable bonds is 7. The lowest BCUT2D eigenvalue weighted by atomic mass is 9.96. The van der Waals surface area contributed by atoms with Crippen molar-refractivity contribution in [2.45, 2.75) is 39.8 Å². The molecule has 0 N–H and O–H groups in total. The smallest absolute Gasteiger partial charge is 0.338 e. The van der Waals surface area contributed by atoms with Crippen molar-refractivity contribution in [3.63, 3.8) is 0 Å². The zero-order chi connectivity index (χ0) is 25.1. The number of nitrogens with zero attached hydrogens (tertiary/aromatic N) is 2. The first-order valence-electron chi connectivity index (χ1n) is 11.4. The molecule has 2 aromatic carbocycles. The molecule has 0 saturated carbocycles. The Morgan fingerprint density at radius 2 is 1.89 bits per heavy atom. The molecular formula is C27H28N2O5S. The molecule has 7 nitrogen and oxygen atoms in total. The normalized spacial score (nSPS) is 15.6. The van der Waals surface area contributed by atoms with Crippen LogP contribution in [0, 0.1) is 0 Å². The van der Waals surface area contributed by atoms with Gasteiger partial charge in [-0.25, -0.2) is 9.79 Å². The Bertz CT molecular complexity index is 1450. The van der Waals surface area contributed by atoms with Crippen molar-refractivity contribution in [2.24, 2.45) is 4.99 Å². The Hall–Kier alpha value is -3.65. The van der Waals surface area contributed by atoms with Crippen molar-refractivity contribution in [1.82, 2.24) is 4.57 Å². The lowest BCUT2D eigenvalue weighted by molar-refractivity contribution is -0.143. The molecule has 4 rings (SSSR count). The standard InChI is InChI=1S/C27H28N2O5S/c1-6-33-21-10-8-7-9-19(21)15-22-25(30)29-24(18-11-13-20(32-5)14-12-18)23(26(31)34-16(2)3)17(4)28-27(29)35-22/h7-16,24H,6H2,1-5H3/b22-15-/t24-/m1/s1. The molecule has 8 heteroatoms. The van der Waals surface area contributed by atoms with Gasteiger partial charge in [-0.2, -0.15) is 0 Å². The van der Waals surface area contributed by atoms with Crippen molar-refractivity contribution < 1.29 is 19.0 Å². The Balaban J connectivity index is 1.93. The molecule has 2 heterocycles. The third-order valence-electron chi connectivity index (χ3n) is 5.52. The van der Waals surface area contributed by atoms with E-state index < -0.39 is 12.0 Å². The number of hydrogen-bond acceptors (Lipinski definition) is 7. The first kappa shape index (κ1) is 24.5. The van der Waals surface area contributed by atoms with E-state index in [1.165, 1.54) is 11.3 Å². The van der Waals surface area contributed by atoms with Crippen LogP contribution in [0.3, 0.4) is 0 Å². The number of hydrogen-bond donors (Lipinski definition) is 0. The molecule has 0 unspecified atom stereocenters. The highest BCUT2D eigenvalue weighted by atomic mass is 32.1. The third-order valence-corrected chi connectivity index (χ3v) is 6.50. The molecule has 0 aliphatic carbocycles. The van der Waals surface area contributed by atoms with Gasteiger partial charge in [0.2, 0.25) is 0 Å². The van der Waals surface area contributed by atoms with Gasteiger partial charge in [-0.1, -0.05) is 41.7 Å². The van der Waals surface area contributed by atoms with Gasteiger partial charge < -0.3 is 14.2 Å². The maximum atomic E-state index is 13.7. The molecule has 0 fully saturated rings. The van der Waals surface area contributed by atoms with Crippen molar-refractivity contribution in [2.75, 3.05) is 13.7 Å². The zero-order valence-corrected chi connectivity index (χ0v) is 21.2. The minimum atomic E-state index is -0.673. The highest BCUT2D eigenvalue weighted by Gasteiger charge is 2.33. The van der Waals surface area contributed by atoms with Crippen molar-refractivity contribution in [1.29, 1.82) is 0 Å². The number of carbonyl (C=O) groups excluding carboxylic acids is 1. The van der Waals surface area contributed by atoms with Crippen LogP contribution < -0.4 is 24.4 Å². The van der Waals surface area contributed by atoms with E-state index in [0.29, 0.717) is 38.7 Å². The van der Waals surface area contributed by atoms with E-state index in [1.807, 2.05) is 61.5 Å². The zero-order valence-electron chi connectivity index (χ0n) is 20.4. The minimum absolute atomic E-state index is 0.233. The Kier molecular flexibility index (Phi) is 7.21. The van der Waals surface area contributed by atoms with Gasteiger partial charge in [0.15, 0.2) is 4.80 Å². The maximum absolute atomic E-state index is 13.7. The summed E-state index contributed by atoms with van der Waals surface area (Å²) in [7, 11) is 1.59. The van der Waals surface area contributed by atoms with Gasteiger partial charge in [-0.15, -0.1) is 0 Å². The number of aromatic nitrogens is 1. The van der Waals surface area contributed by atoms with Crippen LogP contribution in [0.2, 0.25) is 0 Å². The monoisotopic (exact) mass is 492 g/mol. The summed E-state index contributed by atoms with van der Waals surface area (Å²) >= 11 is 1.28. The van der Waals surface area contributed by atoms with Crippen molar-refractivity contribution >= 4 is 23.4 Å². The molecule has 0 amide bonds.